The summed E-state index contributed by atoms with van der Waals surface area (Å²) in [5.74, 6) is 0.980. The highest BCUT2D eigenvalue weighted by Crippen LogP contribution is 2.34. The van der Waals surface area contributed by atoms with Gasteiger partial charge in [-0.2, -0.15) is 0 Å². The summed E-state index contributed by atoms with van der Waals surface area (Å²) < 4.78 is 5.07. The third kappa shape index (κ3) is 4.98. The molecule has 23 heavy (non-hydrogen) atoms. The molecule has 3 N–H and O–H groups in total. The number of rotatable bonds is 4. The lowest BCUT2D eigenvalue weighted by Gasteiger charge is -2.23. The molecule has 0 aliphatic heterocycles. The molecular formula is C18H26N2O3. The van der Waals surface area contributed by atoms with Gasteiger partial charge < -0.3 is 15.8 Å². The van der Waals surface area contributed by atoms with Crippen LogP contribution in [0.4, 0.5) is 10.5 Å². The second-order valence-electron chi connectivity index (χ2n) is 7.28. The zero-order valence-electron chi connectivity index (χ0n) is 14.1. The molecule has 5 nitrogen and oxygen atoms in total. The first kappa shape index (κ1) is 17.3. The maximum atomic E-state index is 12.2. The van der Waals surface area contributed by atoms with Crippen LogP contribution in [0.5, 0.6) is 5.75 Å². The van der Waals surface area contributed by atoms with E-state index in [2.05, 4.69) is 5.32 Å². The predicted octanol–water partition coefficient (Wildman–Crippen LogP) is 3.96. The number of carbonyl (C=O) groups excluding carboxylic acids is 2. The maximum absolute atomic E-state index is 12.2. The van der Waals surface area contributed by atoms with Crippen LogP contribution in [0.2, 0.25) is 0 Å². The van der Waals surface area contributed by atoms with Crippen molar-refractivity contribution in [2.45, 2.75) is 58.3 Å². The molecule has 1 aromatic carbocycles. The normalized spacial score (nSPS) is 15.4. The first-order valence-corrected chi connectivity index (χ1v) is 8.17. The molecule has 1 fully saturated rings. The van der Waals surface area contributed by atoms with Crippen molar-refractivity contribution in [1.82, 2.24) is 0 Å². The molecule has 2 rings (SSSR count). The first-order chi connectivity index (χ1) is 10.8. The largest absolute Gasteiger partial charge is 0.410 e. The highest BCUT2D eigenvalue weighted by Gasteiger charge is 2.22. The van der Waals surface area contributed by atoms with Crippen LogP contribution in [0.25, 0.3) is 0 Å². The Morgan fingerprint density at radius 2 is 1.91 bits per heavy atom. The van der Waals surface area contributed by atoms with Crippen molar-refractivity contribution in [2.75, 3.05) is 5.32 Å². The minimum atomic E-state index is -0.839. The zero-order valence-corrected chi connectivity index (χ0v) is 14.1. The third-order valence-corrected chi connectivity index (χ3v) is 4.23. The lowest BCUT2D eigenvalue weighted by Crippen LogP contribution is -2.21. The van der Waals surface area contributed by atoms with Gasteiger partial charge in [-0.05, 0) is 42.4 Å². The number of primary amides is 1. The topological polar surface area (TPSA) is 81.4 Å². The van der Waals surface area contributed by atoms with Crippen LogP contribution in [-0.4, -0.2) is 12.0 Å². The first-order valence-electron chi connectivity index (χ1n) is 8.17. The van der Waals surface area contributed by atoms with Crippen molar-refractivity contribution in [3.63, 3.8) is 0 Å². The van der Waals surface area contributed by atoms with Crippen molar-refractivity contribution in [3.8, 4) is 5.75 Å². The number of nitrogens with two attached hydrogens (primary N) is 1. The van der Waals surface area contributed by atoms with E-state index >= 15 is 0 Å². The van der Waals surface area contributed by atoms with Crippen LogP contribution in [0, 0.1) is 5.92 Å². The molecule has 0 saturated heterocycles. The van der Waals surface area contributed by atoms with Gasteiger partial charge >= 0.3 is 6.09 Å². The molecule has 126 valence electrons. The monoisotopic (exact) mass is 318 g/mol. The molecule has 0 spiro atoms. The number of anilines is 1. The summed E-state index contributed by atoms with van der Waals surface area (Å²) in [6, 6.07) is 5.27. The van der Waals surface area contributed by atoms with E-state index in [-0.39, 0.29) is 11.3 Å². The maximum Gasteiger partial charge on any atom is 0.409 e. The number of ether oxygens (including phenoxy) is 1. The molecule has 0 aromatic heterocycles. The second-order valence-corrected chi connectivity index (χ2v) is 7.28. The van der Waals surface area contributed by atoms with Gasteiger partial charge in [-0.15, -0.1) is 0 Å². The molecule has 1 aromatic rings. The Balaban J connectivity index is 2.12. The molecular weight excluding hydrogens is 292 g/mol. The highest BCUT2D eigenvalue weighted by atomic mass is 16.5. The Morgan fingerprint density at radius 3 is 2.48 bits per heavy atom. The Labute approximate surface area is 137 Å². The Hall–Kier alpha value is -2.04. The van der Waals surface area contributed by atoms with Crippen LogP contribution in [0.3, 0.4) is 0 Å². The van der Waals surface area contributed by atoms with Gasteiger partial charge in [0.15, 0.2) is 0 Å². The van der Waals surface area contributed by atoms with Crippen molar-refractivity contribution >= 4 is 17.7 Å². The fraction of sp³-hybridized carbons (Fsp3) is 0.556. The average Bonchev–Trinajstić information content (AvgIpc) is 2.91. The fourth-order valence-electron chi connectivity index (χ4n) is 3.08. The van der Waals surface area contributed by atoms with Crippen molar-refractivity contribution in [1.29, 1.82) is 0 Å². The van der Waals surface area contributed by atoms with Crippen LogP contribution in [0.1, 0.15) is 58.4 Å². The molecule has 0 bridgehead atoms. The quantitative estimate of drug-likeness (QED) is 0.881. The molecule has 0 heterocycles. The molecule has 1 aliphatic carbocycles. The van der Waals surface area contributed by atoms with Crippen LogP contribution in [-0.2, 0) is 10.2 Å². The Morgan fingerprint density at radius 1 is 1.26 bits per heavy atom. The van der Waals surface area contributed by atoms with E-state index < -0.39 is 6.09 Å². The zero-order chi connectivity index (χ0) is 17.0. The number of amides is 2. The molecule has 1 aliphatic rings. The van der Waals surface area contributed by atoms with Gasteiger partial charge in [0.1, 0.15) is 5.75 Å². The van der Waals surface area contributed by atoms with Crippen molar-refractivity contribution in [3.05, 3.63) is 23.8 Å². The van der Waals surface area contributed by atoms with E-state index in [1.807, 2.05) is 26.8 Å². The SMILES string of the molecule is CC(C)(C)c1cc(NC(=O)CC2CCCC2)ccc1OC(N)=O. The van der Waals surface area contributed by atoms with Gasteiger partial charge in [0, 0.05) is 17.7 Å². The van der Waals surface area contributed by atoms with Gasteiger partial charge in [-0.1, -0.05) is 33.6 Å². The summed E-state index contributed by atoms with van der Waals surface area (Å²) >= 11 is 0. The summed E-state index contributed by atoms with van der Waals surface area (Å²) in [6.07, 6.45) is 4.48. The smallest absolute Gasteiger partial charge is 0.409 e. The number of hydrogen-bond donors (Lipinski definition) is 2. The Bertz CT molecular complexity index is 584. The van der Waals surface area contributed by atoms with Gasteiger partial charge in [0.25, 0.3) is 0 Å². The number of nitrogens with one attached hydrogen (secondary N) is 1. The average molecular weight is 318 g/mol. The molecule has 0 atom stereocenters. The van der Waals surface area contributed by atoms with Crippen LogP contribution in [0.15, 0.2) is 18.2 Å². The summed E-state index contributed by atoms with van der Waals surface area (Å²) in [4.78, 5) is 23.2. The summed E-state index contributed by atoms with van der Waals surface area (Å²) in [6.45, 7) is 6.04. The fourth-order valence-corrected chi connectivity index (χ4v) is 3.08. The summed E-state index contributed by atoms with van der Waals surface area (Å²) in [7, 11) is 0. The summed E-state index contributed by atoms with van der Waals surface area (Å²) in [5, 5.41) is 2.95. The van der Waals surface area contributed by atoms with E-state index in [1.165, 1.54) is 12.8 Å². The standard InChI is InChI=1S/C18H26N2O3/c1-18(2,3)14-11-13(8-9-15(14)23-17(19)22)20-16(21)10-12-6-4-5-7-12/h8-9,11-12H,4-7,10H2,1-3H3,(H2,19,22)(H,20,21). The Kier molecular flexibility index (Phi) is 5.29. The van der Waals surface area contributed by atoms with E-state index in [4.69, 9.17) is 10.5 Å². The number of hydrogen-bond acceptors (Lipinski definition) is 3. The van der Waals surface area contributed by atoms with Crippen molar-refractivity contribution in [2.24, 2.45) is 11.7 Å². The van der Waals surface area contributed by atoms with Gasteiger partial charge in [-0.25, -0.2) is 4.79 Å². The minimum absolute atomic E-state index is 0.0420. The van der Waals surface area contributed by atoms with Gasteiger partial charge in [-0.3, -0.25) is 4.79 Å². The lowest BCUT2D eigenvalue weighted by atomic mass is 9.86. The molecule has 1 saturated carbocycles. The van der Waals surface area contributed by atoms with E-state index in [9.17, 15) is 9.59 Å². The minimum Gasteiger partial charge on any atom is -0.410 e. The highest BCUT2D eigenvalue weighted by molar-refractivity contribution is 5.91. The van der Waals surface area contributed by atoms with Crippen LogP contribution >= 0.6 is 0 Å². The van der Waals surface area contributed by atoms with Crippen molar-refractivity contribution < 1.29 is 14.3 Å². The third-order valence-electron chi connectivity index (χ3n) is 4.23. The molecule has 0 unspecified atom stereocenters. The van der Waals surface area contributed by atoms with Gasteiger partial charge in [0.05, 0.1) is 0 Å². The lowest BCUT2D eigenvalue weighted by molar-refractivity contribution is -0.117. The molecule has 5 heteroatoms. The molecule has 0 radical (unpaired) electrons. The second kappa shape index (κ2) is 7.02. The predicted molar refractivity (Wildman–Crippen MR) is 90.6 cm³/mol. The number of benzene rings is 1. The van der Waals surface area contributed by atoms with Crippen LogP contribution < -0.4 is 15.8 Å². The van der Waals surface area contributed by atoms with E-state index in [0.717, 1.165) is 24.1 Å². The molecule has 2 amide bonds. The van der Waals surface area contributed by atoms with E-state index in [0.29, 0.717) is 18.1 Å². The number of carbonyl (C=O) groups is 2. The summed E-state index contributed by atoms with van der Waals surface area (Å²) in [5.41, 5.74) is 6.42. The van der Waals surface area contributed by atoms with E-state index in [1.54, 1.807) is 12.1 Å². The van der Waals surface area contributed by atoms with Gasteiger partial charge in [0.2, 0.25) is 5.91 Å².